The molecule has 0 unspecified atom stereocenters. The van der Waals surface area contributed by atoms with Crippen LogP contribution in [0.4, 0.5) is 11.4 Å². The average molecular weight is 435 g/mol. The van der Waals surface area contributed by atoms with Gasteiger partial charge in [0.15, 0.2) is 0 Å². The number of nitro groups is 1. The highest BCUT2D eigenvalue weighted by atomic mass is 16.6. The molecule has 9 heteroatoms. The second-order valence-corrected chi connectivity index (χ2v) is 7.74. The summed E-state index contributed by atoms with van der Waals surface area (Å²) >= 11 is 0. The number of nitro benzene ring substituents is 1. The lowest BCUT2D eigenvalue weighted by Gasteiger charge is -2.36. The number of H-pyrrole nitrogens is 1. The molecule has 0 spiro atoms. The summed E-state index contributed by atoms with van der Waals surface area (Å²) < 4.78 is 0. The molecule has 3 aromatic rings. The standard InChI is InChI=1S/C23H26N6O3/c30-23(22-17-21(25-26-22)18-7-9-20(10-8-18)29(31)32)24-11-4-12-27-13-15-28(16-14-27)19-5-2-1-3-6-19/h1-3,5-10,17H,4,11-16H2,(H,24,30)(H,25,26). The lowest BCUT2D eigenvalue weighted by atomic mass is 10.1. The molecule has 32 heavy (non-hydrogen) atoms. The Hall–Kier alpha value is -3.72. The number of hydrogen-bond acceptors (Lipinski definition) is 6. The maximum absolute atomic E-state index is 12.4. The minimum Gasteiger partial charge on any atom is -0.369 e. The number of piperazine rings is 1. The average Bonchev–Trinajstić information content (AvgIpc) is 3.33. The van der Waals surface area contributed by atoms with E-state index in [9.17, 15) is 14.9 Å². The third-order valence-electron chi connectivity index (χ3n) is 5.63. The van der Waals surface area contributed by atoms with Gasteiger partial charge in [0, 0.05) is 56.1 Å². The number of hydrogen-bond donors (Lipinski definition) is 2. The number of nitrogens with zero attached hydrogens (tertiary/aromatic N) is 4. The topological polar surface area (TPSA) is 107 Å². The van der Waals surface area contributed by atoms with E-state index in [1.54, 1.807) is 18.2 Å². The third kappa shape index (κ3) is 5.30. The van der Waals surface area contributed by atoms with Crippen LogP contribution in [0.15, 0.2) is 60.7 Å². The first-order valence-corrected chi connectivity index (χ1v) is 10.7. The Kier molecular flexibility index (Phi) is 6.76. The first-order valence-electron chi connectivity index (χ1n) is 10.7. The van der Waals surface area contributed by atoms with Crippen molar-refractivity contribution in [2.45, 2.75) is 6.42 Å². The predicted molar refractivity (Wildman–Crippen MR) is 123 cm³/mol. The Bertz CT molecular complexity index is 1040. The van der Waals surface area contributed by atoms with Crippen LogP contribution in [-0.2, 0) is 0 Å². The molecule has 9 nitrogen and oxygen atoms in total. The van der Waals surface area contributed by atoms with E-state index in [0.29, 0.717) is 23.5 Å². The molecule has 1 amide bonds. The molecule has 1 saturated heterocycles. The van der Waals surface area contributed by atoms with Gasteiger partial charge >= 0.3 is 0 Å². The highest BCUT2D eigenvalue weighted by Gasteiger charge is 2.17. The van der Waals surface area contributed by atoms with Crippen LogP contribution in [0.25, 0.3) is 11.3 Å². The lowest BCUT2D eigenvalue weighted by molar-refractivity contribution is -0.384. The van der Waals surface area contributed by atoms with Gasteiger partial charge in [-0.2, -0.15) is 5.10 Å². The number of carbonyl (C=O) groups is 1. The van der Waals surface area contributed by atoms with Gasteiger partial charge in [-0.05, 0) is 43.3 Å². The smallest absolute Gasteiger partial charge is 0.269 e. The zero-order valence-electron chi connectivity index (χ0n) is 17.7. The van der Waals surface area contributed by atoms with Crippen molar-refractivity contribution < 1.29 is 9.72 Å². The fourth-order valence-corrected chi connectivity index (χ4v) is 3.81. The van der Waals surface area contributed by atoms with E-state index in [2.05, 4.69) is 49.6 Å². The minimum atomic E-state index is -0.448. The van der Waals surface area contributed by atoms with Crippen LogP contribution >= 0.6 is 0 Å². The molecule has 166 valence electrons. The summed E-state index contributed by atoms with van der Waals surface area (Å²) in [7, 11) is 0. The van der Waals surface area contributed by atoms with Gasteiger partial charge in [0.05, 0.1) is 10.6 Å². The molecule has 2 N–H and O–H groups in total. The number of para-hydroxylation sites is 1. The first-order chi connectivity index (χ1) is 15.6. The maximum Gasteiger partial charge on any atom is 0.269 e. The summed E-state index contributed by atoms with van der Waals surface area (Å²) in [5.74, 6) is -0.209. The quantitative estimate of drug-likeness (QED) is 0.321. The molecule has 1 aromatic heterocycles. The van der Waals surface area contributed by atoms with Gasteiger partial charge in [0.2, 0.25) is 0 Å². The van der Waals surface area contributed by atoms with Gasteiger partial charge in [0.25, 0.3) is 11.6 Å². The van der Waals surface area contributed by atoms with Crippen LogP contribution in [0.2, 0.25) is 0 Å². The van der Waals surface area contributed by atoms with Gasteiger partial charge in [-0.3, -0.25) is 24.9 Å². The van der Waals surface area contributed by atoms with Crippen LogP contribution in [0.5, 0.6) is 0 Å². The molecule has 0 bridgehead atoms. The Balaban J connectivity index is 1.19. The molecular weight excluding hydrogens is 408 g/mol. The Morgan fingerprint density at radius 2 is 1.78 bits per heavy atom. The summed E-state index contributed by atoms with van der Waals surface area (Å²) in [5.41, 5.74) is 2.94. The molecule has 1 aliphatic rings. The molecule has 1 aliphatic heterocycles. The molecule has 2 aromatic carbocycles. The summed E-state index contributed by atoms with van der Waals surface area (Å²) in [4.78, 5) is 27.5. The Labute approximate surface area is 186 Å². The monoisotopic (exact) mass is 434 g/mol. The number of amides is 1. The summed E-state index contributed by atoms with van der Waals surface area (Å²) in [6, 6.07) is 18.2. The van der Waals surface area contributed by atoms with Crippen LogP contribution in [0, 0.1) is 10.1 Å². The fraction of sp³-hybridized carbons (Fsp3) is 0.304. The number of rotatable bonds is 8. The Morgan fingerprint density at radius 1 is 1.06 bits per heavy atom. The number of non-ortho nitro benzene ring substituents is 1. The fourth-order valence-electron chi connectivity index (χ4n) is 3.81. The third-order valence-corrected chi connectivity index (χ3v) is 5.63. The van der Waals surface area contributed by atoms with Gasteiger partial charge < -0.3 is 10.2 Å². The first kappa shape index (κ1) is 21.5. The molecule has 0 atom stereocenters. The number of benzene rings is 2. The lowest BCUT2D eigenvalue weighted by Crippen LogP contribution is -2.47. The summed E-state index contributed by atoms with van der Waals surface area (Å²) in [6.45, 7) is 5.58. The molecule has 1 fully saturated rings. The molecule has 2 heterocycles. The number of aromatic nitrogens is 2. The van der Waals surface area contributed by atoms with Crippen molar-refractivity contribution in [2.75, 3.05) is 44.2 Å². The van der Waals surface area contributed by atoms with E-state index in [1.807, 2.05) is 6.07 Å². The molecule has 0 radical (unpaired) electrons. The number of carbonyl (C=O) groups excluding carboxylic acids is 1. The van der Waals surface area contributed by atoms with Crippen molar-refractivity contribution in [3.05, 3.63) is 76.5 Å². The number of nitrogens with one attached hydrogen (secondary N) is 2. The van der Waals surface area contributed by atoms with Crippen molar-refractivity contribution in [3.63, 3.8) is 0 Å². The Morgan fingerprint density at radius 3 is 2.47 bits per heavy atom. The number of aromatic amines is 1. The van der Waals surface area contributed by atoms with Crippen LogP contribution < -0.4 is 10.2 Å². The summed E-state index contributed by atoms with van der Waals surface area (Å²) in [5, 5.41) is 20.6. The van der Waals surface area contributed by atoms with E-state index >= 15 is 0 Å². The minimum absolute atomic E-state index is 0.0173. The van der Waals surface area contributed by atoms with Gasteiger partial charge in [-0.15, -0.1) is 0 Å². The normalized spacial score (nSPS) is 14.3. The van der Waals surface area contributed by atoms with Crippen molar-refractivity contribution in [2.24, 2.45) is 0 Å². The van der Waals surface area contributed by atoms with Gasteiger partial charge in [0.1, 0.15) is 5.69 Å². The highest BCUT2D eigenvalue weighted by Crippen LogP contribution is 2.21. The van der Waals surface area contributed by atoms with E-state index < -0.39 is 4.92 Å². The number of anilines is 1. The molecular formula is C23H26N6O3. The van der Waals surface area contributed by atoms with Crippen LogP contribution in [-0.4, -0.2) is 65.2 Å². The molecule has 4 rings (SSSR count). The van der Waals surface area contributed by atoms with Gasteiger partial charge in [-0.1, -0.05) is 18.2 Å². The van der Waals surface area contributed by atoms with Crippen molar-refractivity contribution in [1.82, 2.24) is 20.4 Å². The van der Waals surface area contributed by atoms with Crippen molar-refractivity contribution >= 4 is 17.3 Å². The second kappa shape index (κ2) is 10.1. The highest BCUT2D eigenvalue weighted by molar-refractivity contribution is 5.93. The maximum atomic E-state index is 12.4. The zero-order chi connectivity index (χ0) is 22.3. The summed E-state index contributed by atoms with van der Waals surface area (Å²) in [6.07, 6.45) is 0.875. The predicted octanol–water partition coefficient (Wildman–Crippen LogP) is 2.93. The van der Waals surface area contributed by atoms with Gasteiger partial charge in [-0.25, -0.2) is 0 Å². The molecule has 0 aliphatic carbocycles. The van der Waals surface area contributed by atoms with Crippen LogP contribution in [0.1, 0.15) is 16.9 Å². The van der Waals surface area contributed by atoms with E-state index in [4.69, 9.17) is 0 Å². The molecule has 0 saturated carbocycles. The van der Waals surface area contributed by atoms with Crippen LogP contribution in [0.3, 0.4) is 0 Å². The zero-order valence-corrected chi connectivity index (χ0v) is 17.7. The van der Waals surface area contributed by atoms with Crippen molar-refractivity contribution in [3.8, 4) is 11.3 Å². The van der Waals surface area contributed by atoms with E-state index in [-0.39, 0.29) is 11.6 Å². The second-order valence-electron chi connectivity index (χ2n) is 7.74. The van der Waals surface area contributed by atoms with E-state index in [1.165, 1.54) is 17.8 Å². The van der Waals surface area contributed by atoms with Crippen molar-refractivity contribution in [1.29, 1.82) is 0 Å². The van der Waals surface area contributed by atoms with E-state index in [0.717, 1.165) is 39.1 Å². The largest absolute Gasteiger partial charge is 0.369 e. The SMILES string of the molecule is O=C(NCCCN1CCN(c2ccccc2)CC1)c1cc(-c2ccc([N+](=O)[O-])cc2)n[nH]1.